The number of likely N-dealkylation sites (tertiary alicyclic amines) is 1. The van der Waals surface area contributed by atoms with E-state index in [9.17, 15) is 4.79 Å². The van der Waals surface area contributed by atoms with Crippen molar-refractivity contribution in [1.82, 2.24) is 10.2 Å². The van der Waals surface area contributed by atoms with Crippen LogP contribution in [0.3, 0.4) is 0 Å². The first-order valence-corrected chi connectivity index (χ1v) is 9.24. The molecule has 3 heterocycles. The molecular weight excluding hydrogens is 348 g/mol. The van der Waals surface area contributed by atoms with E-state index in [4.69, 9.17) is 0 Å². The van der Waals surface area contributed by atoms with Crippen LogP contribution in [0.5, 0.6) is 0 Å². The minimum atomic E-state index is 0. The Morgan fingerprint density at radius 2 is 2.13 bits per heavy atom. The van der Waals surface area contributed by atoms with E-state index in [1.807, 2.05) is 11.9 Å². The summed E-state index contributed by atoms with van der Waals surface area (Å²) in [5.41, 5.74) is 0. The van der Waals surface area contributed by atoms with Crippen molar-refractivity contribution in [3.8, 4) is 0 Å². The highest BCUT2D eigenvalue weighted by Crippen LogP contribution is 2.39. The molecule has 23 heavy (non-hydrogen) atoms. The van der Waals surface area contributed by atoms with Gasteiger partial charge in [0.15, 0.2) is 0 Å². The van der Waals surface area contributed by atoms with Crippen molar-refractivity contribution >= 4 is 60.5 Å². The molecule has 1 saturated heterocycles. The van der Waals surface area contributed by atoms with Gasteiger partial charge in [0, 0.05) is 27.9 Å². The maximum Gasteiger partial charge on any atom is 0.264 e. The van der Waals surface area contributed by atoms with Gasteiger partial charge in [0.25, 0.3) is 5.91 Å². The molecule has 122 valence electrons. The third-order valence-electron chi connectivity index (χ3n) is 4.33. The summed E-state index contributed by atoms with van der Waals surface area (Å²) in [6.45, 7) is 2.76. The van der Waals surface area contributed by atoms with E-state index in [0.29, 0.717) is 5.92 Å². The van der Waals surface area contributed by atoms with E-state index < -0.39 is 0 Å². The number of rotatable bonds is 3. The highest BCUT2D eigenvalue weighted by atomic mass is 35.5. The molecular formula is C17H19ClN2OS2. The summed E-state index contributed by atoms with van der Waals surface area (Å²) in [5, 5.41) is 4.49. The van der Waals surface area contributed by atoms with Gasteiger partial charge in [-0.05, 0) is 38.1 Å². The molecule has 3 aromatic rings. The van der Waals surface area contributed by atoms with E-state index in [1.165, 1.54) is 19.5 Å². The predicted molar refractivity (Wildman–Crippen MR) is 102 cm³/mol. The topological polar surface area (TPSA) is 32.3 Å². The van der Waals surface area contributed by atoms with Gasteiger partial charge in [-0.2, -0.15) is 0 Å². The van der Waals surface area contributed by atoms with Crippen LogP contribution in [-0.2, 0) is 0 Å². The molecule has 4 rings (SSSR count). The number of benzene rings is 1. The lowest BCUT2D eigenvalue weighted by atomic mass is 10.1. The molecule has 1 unspecified atom stereocenters. The number of carbonyl (C=O) groups excluding carboxylic acids is 1. The summed E-state index contributed by atoms with van der Waals surface area (Å²) in [4.78, 5) is 15.6. The van der Waals surface area contributed by atoms with Crippen LogP contribution in [0.1, 0.15) is 16.1 Å². The number of fused-ring (bicyclic) bond motifs is 3. The Morgan fingerprint density at radius 3 is 2.96 bits per heavy atom. The van der Waals surface area contributed by atoms with Crippen LogP contribution in [0.4, 0.5) is 0 Å². The maximum atomic E-state index is 12.7. The maximum absolute atomic E-state index is 12.7. The third kappa shape index (κ3) is 2.98. The Morgan fingerprint density at radius 1 is 1.30 bits per heavy atom. The van der Waals surface area contributed by atoms with E-state index in [0.717, 1.165) is 30.9 Å². The molecule has 3 nitrogen and oxygen atoms in total. The van der Waals surface area contributed by atoms with Crippen molar-refractivity contribution in [2.45, 2.75) is 6.42 Å². The second kappa shape index (κ2) is 6.77. The zero-order valence-corrected chi connectivity index (χ0v) is 15.3. The molecule has 1 amide bonds. The van der Waals surface area contributed by atoms with Gasteiger partial charge in [0.2, 0.25) is 0 Å². The molecule has 6 heteroatoms. The summed E-state index contributed by atoms with van der Waals surface area (Å²) in [5.74, 6) is 0.798. The number of hydrogen-bond donors (Lipinski definition) is 1. The lowest BCUT2D eigenvalue weighted by Gasteiger charge is -2.15. The fraction of sp³-hybridized carbons (Fsp3) is 0.353. The zero-order chi connectivity index (χ0) is 15.1. The highest BCUT2D eigenvalue weighted by Gasteiger charge is 2.27. The predicted octanol–water partition coefficient (Wildman–Crippen LogP) is 4.22. The largest absolute Gasteiger partial charge is 0.338 e. The van der Waals surface area contributed by atoms with Gasteiger partial charge in [-0.3, -0.25) is 4.79 Å². The number of hydrogen-bond acceptors (Lipinski definition) is 4. The molecule has 0 radical (unpaired) electrons. The molecule has 1 fully saturated rings. The number of carbonyl (C=O) groups is 1. The first kappa shape index (κ1) is 16.7. The summed E-state index contributed by atoms with van der Waals surface area (Å²) in [6, 6.07) is 10.5. The van der Waals surface area contributed by atoms with Crippen molar-refractivity contribution in [2.24, 2.45) is 5.92 Å². The Labute approximate surface area is 149 Å². The fourth-order valence-electron chi connectivity index (χ4n) is 3.23. The van der Waals surface area contributed by atoms with Crippen LogP contribution < -0.4 is 5.32 Å². The second-order valence-electron chi connectivity index (χ2n) is 5.87. The monoisotopic (exact) mass is 366 g/mol. The number of nitrogens with zero attached hydrogens (tertiary/aromatic N) is 1. The fourth-order valence-corrected chi connectivity index (χ4v) is 5.73. The molecule has 0 bridgehead atoms. The van der Waals surface area contributed by atoms with Crippen LogP contribution >= 0.6 is 35.1 Å². The lowest BCUT2D eigenvalue weighted by molar-refractivity contribution is 0.0792. The number of thiophene rings is 2. The lowest BCUT2D eigenvalue weighted by Crippen LogP contribution is -2.29. The Balaban J connectivity index is 0.00000156. The molecule has 1 N–H and O–H groups in total. The minimum Gasteiger partial charge on any atom is -0.338 e. The van der Waals surface area contributed by atoms with Gasteiger partial charge in [0.1, 0.15) is 0 Å². The van der Waals surface area contributed by atoms with Gasteiger partial charge in [-0.15, -0.1) is 35.1 Å². The van der Waals surface area contributed by atoms with Crippen molar-refractivity contribution in [2.75, 3.05) is 26.7 Å². The van der Waals surface area contributed by atoms with E-state index >= 15 is 0 Å². The average Bonchev–Trinajstić information content (AvgIpc) is 3.20. The standard InChI is InChI=1S/C17H18N2OS2.ClH/c1-18-9-11-6-7-19(10-11)17(20)15-8-14-16(22-15)12-4-2-3-5-13(12)21-14;/h2-5,8,11,18H,6-7,9-10H2,1H3;1H. The van der Waals surface area contributed by atoms with E-state index in [-0.39, 0.29) is 18.3 Å². The summed E-state index contributed by atoms with van der Waals surface area (Å²) in [6.07, 6.45) is 1.11. The molecule has 1 aliphatic heterocycles. The molecule has 0 spiro atoms. The van der Waals surface area contributed by atoms with Crippen molar-refractivity contribution in [3.63, 3.8) is 0 Å². The second-order valence-corrected chi connectivity index (χ2v) is 8.00. The summed E-state index contributed by atoms with van der Waals surface area (Å²) >= 11 is 3.43. The molecule has 2 aromatic heterocycles. The average molecular weight is 367 g/mol. The number of nitrogens with one attached hydrogen (secondary N) is 1. The van der Waals surface area contributed by atoms with Crippen LogP contribution in [0.25, 0.3) is 19.5 Å². The van der Waals surface area contributed by atoms with Gasteiger partial charge in [-0.1, -0.05) is 18.2 Å². The Kier molecular flexibility index (Phi) is 4.92. The van der Waals surface area contributed by atoms with Crippen LogP contribution in [0.2, 0.25) is 0 Å². The molecule has 1 aliphatic rings. The highest BCUT2D eigenvalue weighted by molar-refractivity contribution is 7.33. The van der Waals surface area contributed by atoms with E-state index in [1.54, 1.807) is 22.7 Å². The van der Waals surface area contributed by atoms with Crippen LogP contribution in [0, 0.1) is 5.92 Å². The third-order valence-corrected chi connectivity index (χ3v) is 6.73. The summed E-state index contributed by atoms with van der Waals surface area (Å²) < 4.78 is 3.80. The van der Waals surface area contributed by atoms with Crippen molar-refractivity contribution < 1.29 is 4.79 Å². The van der Waals surface area contributed by atoms with Crippen LogP contribution in [-0.4, -0.2) is 37.5 Å². The zero-order valence-electron chi connectivity index (χ0n) is 12.9. The van der Waals surface area contributed by atoms with Gasteiger partial charge >= 0.3 is 0 Å². The number of amides is 1. The minimum absolute atomic E-state index is 0. The van der Waals surface area contributed by atoms with E-state index in [2.05, 4.69) is 35.6 Å². The molecule has 1 atom stereocenters. The van der Waals surface area contributed by atoms with Gasteiger partial charge in [0.05, 0.1) is 9.58 Å². The van der Waals surface area contributed by atoms with Crippen LogP contribution in [0.15, 0.2) is 30.3 Å². The Bertz CT molecular complexity index is 841. The Hall–Kier alpha value is -1.14. The van der Waals surface area contributed by atoms with Crippen molar-refractivity contribution in [3.05, 3.63) is 35.2 Å². The quantitative estimate of drug-likeness (QED) is 0.752. The van der Waals surface area contributed by atoms with Gasteiger partial charge in [-0.25, -0.2) is 0 Å². The normalized spacial score (nSPS) is 17.8. The molecule has 0 aliphatic carbocycles. The molecule has 1 aromatic carbocycles. The SMILES string of the molecule is CNCC1CCN(C(=O)c2cc3sc4ccccc4c3s2)C1.Cl. The first-order chi connectivity index (χ1) is 10.8. The van der Waals surface area contributed by atoms with Gasteiger partial charge < -0.3 is 10.2 Å². The number of halogens is 1. The molecule has 0 saturated carbocycles. The smallest absolute Gasteiger partial charge is 0.264 e. The van der Waals surface area contributed by atoms with Crippen molar-refractivity contribution in [1.29, 1.82) is 0 Å². The first-order valence-electron chi connectivity index (χ1n) is 7.61. The summed E-state index contributed by atoms with van der Waals surface area (Å²) in [7, 11) is 1.98.